The highest BCUT2D eigenvalue weighted by Gasteiger charge is 2.18. The molecule has 5 heteroatoms. The highest BCUT2D eigenvalue weighted by atomic mass is 79.9. The number of hydrogen-bond donors (Lipinski definition) is 1. The van der Waals surface area contributed by atoms with Crippen molar-refractivity contribution < 1.29 is 0 Å². The summed E-state index contributed by atoms with van der Waals surface area (Å²) in [6.45, 7) is 6.18. The molecule has 19 heavy (non-hydrogen) atoms. The van der Waals surface area contributed by atoms with Gasteiger partial charge in [-0.3, -0.25) is 4.98 Å². The molecular weight excluding hydrogens is 370 g/mol. The van der Waals surface area contributed by atoms with Gasteiger partial charge in [-0.05, 0) is 41.1 Å². The Hall–Kier alpha value is -0.650. The number of halogens is 2. The molecule has 1 aliphatic heterocycles. The van der Waals surface area contributed by atoms with E-state index in [0.717, 1.165) is 46.3 Å². The van der Waals surface area contributed by atoms with Crippen molar-refractivity contribution in [2.45, 2.75) is 6.92 Å². The van der Waals surface area contributed by atoms with Gasteiger partial charge in [-0.2, -0.15) is 0 Å². The Morgan fingerprint density at radius 2 is 1.95 bits per heavy atom. The number of pyridine rings is 1. The molecule has 1 fully saturated rings. The fourth-order valence-electron chi connectivity index (χ4n) is 2.51. The number of hydrogen-bond acceptors (Lipinski definition) is 3. The van der Waals surface area contributed by atoms with Gasteiger partial charge in [-0.1, -0.05) is 15.9 Å². The Balaban J connectivity index is 2.24. The van der Waals surface area contributed by atoms with Gasteiger partial charge in [-0.25, -0.2) is 0 Å². The van der Waals surface area contributed by atoms with Crippen molar-refractivity contribution in [3.63, 3.8) is 0 Å². The smallest absolute Gasteiger partial charge is 0.0727 e. The number of rotatable bonds is 1. The van der Waals surface area contributed by atoms with Crippen LogP contribution in [-0.4, -0.2) is 31.2 Å². The SMILES string of the molecule is Cc1nc2ccc(Br)cc2c(N2CCNCC2)c1Br. The van der Waals surface area contributed by atoms with E-state index in [2.05, 4.69) is 66.1 Å². The lowest BCUT2D eigenvalue weighted by atomic mass is 10.1. The first kappa shape index (κ1) is 13.3. The molecule has 2 heterocycles. The Morgan fingerprint density at radius 1 is 1.21 bits per heavy atom. The average molecular weight is 385 g/mol. The van der Waals surface area contributed by atoms with Crippen molar-refractivity contribution in [2.24, 2.45) is 0 Å². The molecule has 3 rings (SSSR count). The van der Waals surface area contributed by atoms with E-state index >= 15 is 0 Å². The molecule has 0 radical (unpaired) electrons. The molecule has 1 N–H and O–H groups in total. The van der Waals surface area contributed by atoms with Crippen LogP contribution in [-0.2, 0) is 0 Å². The number of nitrogens with zero attached hydrogens (tertiary/aromatic N) is 2. The number of benzene rings is 1. The van der Waals surface area contributed by atoms with E-state index < -0.39 is 0 Å². The zero-order chi connectivity index (χ0) is 13.4. The third-order valence-electron chi connectivity index (χ3n) is 3.46. The minimum Gasteiger partial charge on any atom is -0.367 e. The molecule has 0 atom stereocenters. The molecule has 2 aromatic rings. The van der Waals surface area contributed by atoms with Crippen LogP contribution in [0.3, 0.4) is 0 Å². The Kier molecular flexibility index (Phi) is 3.78. The number of nitrogens with one attached hydrogen (secondary N) is 1. The molecule has 1 aromatic heterocycles. The van der Waals surface area contributed by atoms with Crippen molar-refractivity contribution in [2.75, 3.05) is 31.1 Å². The minimum atomic E-state index is 1.03. The van der Waals surface area contributed by atoms with E-state index in [-0.39, 0.29) is 0 Å². The summed E-state index contributed by atoms with van der Waals surface area (Å²) in [7, 11) is 0. The fraction of sp³-hybridized carbons (Fsp3) is 0.357. The molecule has 1 saturated heterocycles. The summed E-state index contributed by atoms with van der Waals surface area (Å²) >= 11 is 7.28. The largest absolute Gasteiger partial charge is 0.367 e. The summed E-state index contributed by atoms with van der Waals surface area (Å²) in [6, 6.07) is 6.28. The van der Waals surface area contributed by atoms with Crippen LogP contribution in [0.5, 0.6) is 0 Å². The molecule has 0 bridgehead atoms. The second-order valence-corrected chi connectivity index (χ2v) is 6.47. The van der Waals surface area contributed by atoms with E-state index in [1.807, 2.05) is 6.07 Å². The molecule has 3 nitrogen and oxygen atoms in total. The topological polar surface area (TPSA) is 28.2 Å². The van der Waals surface area contributed by atoms with E-state index in [4.69, 9.17) is 0 Å². The van der Waals surface area contributed by atoms with E-state index in [0.29, 0.717) is 0 Å². The third kappa shape index (κ3) is 2.51. The normalized spacial score (nSPS) is 16.1. The number of anilines is 1. The molecule has 0 unspecified atom stereocenters. The molecular formula is C14H15Br2N3. The van der Waals surface area contributed by atoms with Gasteiger partial charge in [0.25, 0.3) is 0 Å². The molecule has 0 amide bonds. The standard InChI is InChI=1S/C14H15Br2N3/c1-9-13(16)14(19-6-4-17-5-7-19)11-8-10(15)2-3-12(11)18-9/h2-3,8,17H,4-7H2,1H3. The van der Waals surface area contributed by atoms with Crippen molar-refractivity contribution >= 4 is 48.5 Å². The molecule has 1 aliphatic rings. The van der Waals surface area contributed by atoms with Crippen molar-refractivity contribution in [3.05, 3.63) is 32.8 Å². The minimum absolute atomic E-state index is 1.03. The van der Waals surface area contributed by atoms with Crippen molar-refractivity contribution in [3.8, 4) is 0 Å². The quantitative estimate of drug-likeness (QED) is 0.815. The second kappa shape index (κ2) is 5.38. The molecule has 100 valence electrons. The molecule has 0 aliphatic carbocycles. The first-order valence-corrected chi connectivity index (χ1v) is 7.96. The zero-order valence-corrected chi connectivity index (χ0v) is 13.9. The number of aromatic nitrogens is 1. The first-order chi connectivity index (χ1) is 9.16. The average Bonchev–Trinajstić information content (AvgIpc) is 2.42. The van der Waals surface area contributed by atoms with Crippen LogP contribution in [0.15, 0.2) is 27.1 Å². The number of piperazine rings is 1. The predicted octanol–water partition coefficient (Wildman–Crippen LogP) is 3.48. The van der Waals surface area contributed by atoms with Gasteiger partial charge in [-0.15, -0.1) is 0 Å². The maximum absolute atomic E-state index is 4.66. The van der Waals surface area contributed by atoms with Crippen LogP contribution in [0.4, 0.5) is 5.69 Å². The Morgan fingerprint density at radius 3 is 2.68 bits per heavy atom. The van der Waals surface area contributed by atoms with Gasteiger partial charge in [0.1, 0.15) is 0 Å². The number of fused-ring (bicyclic) bond motifs is 1. The van der Waals surface area contributed by atoms with E-state index in [1.165, 1.54) is 11.1 Å². The van der Waals surface area contributed by atoms with Gasteiger partial charge in [0.05, 0.1) is 21.4 Å². The van der Waals surface area contributed by atoms with Crippen LogP contribution >= 0.6 is 31.9 Å². The van der Waals surface area contributed by atoms with Crippen LogP contribution in [0, 0.1) is 6.92 Å². The van der Waals surface area contributed by atoms with Gasteiger partial charge in [0.15, 0.2) is 0 Å². The van der Waals surface area contributed by atoms with Gasteiger partial charge in [0.2, 0.25) is 0 Å². The van der Waals surface area contributed by atoms with Gasteiger partial charge >= 0.3 is 0 Å². The van der Waals surface area contributed by atoms with E-state index in [9.17, 15) is 0 Å². The highest BCUT2D eigenvalue weighted by Crippen LogP contribution is 2.36. The summed E-state index contributed by atoms with van der Waals surface area (Å²) in [6.07, 6.45) is 0. The lowest BCUT2D eigenvalue weighted by Crippen LogP contribution is -2.43. The van der Waals surface area contributed by atoms with Crippen molar-refractivity contribution in [1.82, 2.24) is 10.3 Å². The second-order valence-electron chi connectivity index (χ2n) is 4.76. The zero-order valence-electron chi connectivity index (χ0n) is 10.7. The lowest BCUT2D eigenvalue weighted by molar-refractivity contribution is 0.589. The Labute approximate surface area is 129 Å². The maximum Gasteiger partial charge on any atom is 0.0727 e. The van der Waals surface area contributed by atoms with Crippen LogP contribution in [0.1, 0.15) is 5.69 Å². The first-order valence-electron chi connectivity index (χ1n) is 6.38. The maximum atomic E-state index is 4.66. The van der Waals surface area contributed by atoms with Gasteiger partial charge in [0, 0.05) is 36.0 Å². The summed E-state index contributed by atoms with van der Waals surface area (Å²) < 4.78 is 2.20. The van der Waals surface area contributed by atoms with Crippen molar-refractivity contribution in [1.29, 1.82) is 0 Å². The number of aryl methyl sites for hydroxylation is 1. The molecule has 0 spiro atoms. The summed E-state index contributed by atoms with van der Waals surface area (Å²) in [5, 5.41) is 4.60. The predicted molar refractivity (Wildman–Crippen MR) is 87.0 cm³/mol. The Bertz CT molecular complexity index is 622. The monoisotopic (exact) mass is 383 g/mol. The molecule has 0 saturated carbocycles. The van der Waals surface area contributed by atoms with E-state index in [1.54, 1.807) is 0 Å². The summed E-state index contributed by atoms with van der Waals surface area (Å²) in [5.41, 5.74) is 3.37. The third-order valence-corrected chi connectivity index (χ3v) is 4.90. The summed E-state index contributed by atoms with van der Waals surface area (Å²) in [5.74, 6) is 0. The van der Waals surface area contributed by atoms with Crippen LogP contribution in [0.2, 0.25) is 0 Å². The van der Waals surface area contributed by atoms with Gasteiger partial charge < -0.3 is 10.2 Å². The van der Waals surface area contributed by atoms with Crippen LogP contribution in [0.25, 0.3) is 10.9 Å². The summed E-state index contributed by atoms with van der Waals surface area (Å²) in [4.78, 5) is 7.10. The van der Waals surface area contributed by atoms with Crippen LogP contribution < -0.4 is 10.2 Å². The highest BCUT2D eigenvalue weighted by molar-refractivity contribution is 9.11. The molecule has 1 aromatic carbocycles. The lowest BCUT2D eigenvalue weighted by Gasteiger charge is -2.31. The fourth-order valence-corrected chi connectivity index (χ4v) is 3.43.